The van der Waals surface area contributed by atoms with Gasteiger partial charge in [-0.05, 0) is 18.5 Å². The number of aromatic nitrogens is 2. The Hall–Kier alpha value is -1.69. The highest BCUT2D eigenvalue weighted by molar-refractivity contribution is 5.92. The van der Waals surface area contributed by atoms with E-state index >= 15 is 0 Å². The number of anilines is 1. The predicted molar refractivity (Wildman–Crippen MR) is 83.4 cm³/mol. The van der Waals surface area contributed by atoms with Crippen LogP contribution in [0.5, 0.6) is 0 Å². The lowest BCUT2D eigenvalue weighted by Gasteiger charge is -2.33. The monoisotopic (exact) mass is 291 g/mol. The summed E-state index contributed by atoms with van der Waals surface area (Å²) in [6, 6.07) is 1.69. The van der Waals surface area contributed by atoms with Gasteiger partial charge in [0.25, 0.3) is 5.91 Å². The maximum Gasteiger partial charge on any atom is 0.272 e. The zero-order chi connectivity index (χ0) is 15.2. The van der Waals surface area contributed by atoms with Gasteiger partial charge in [0, 0.05) is 38.9 Å². The van der Waals surface area contributed by atoms with Crippen LogP contribution in [0.2, 0.25) is 0 Å². The van der Waals surface area contributed by atoms with Crippen molar-refractivity contribution in [2.75, 3.05) is 44.6 Å². The minimum absolute atomic E-state index is 0.000694. The van der Waals surface area contributed by atoms with Crippen molar-refractivity contribution in [3.05, 3.63) is 18.0 Å². The summed E-state index contributed by atoms with van der Waals surface area (Å²) >= 11 is 0. The Morgan fingerprint density at radius 1 is 1.33 bits per heavy atom. The van der Waals surface area contributed by atoms with Crippen LogP contribution in [0.1, 0.15) is 31.3 Å². The highest BCUT2D eigenvalue weighted by Gasteiger charge is 2.22. The van der Waals surface area contributed by atoms with Crippen LogP contribution >= 0.6 is 0 Å². The minimum atomic E-state index is 0.000694. The van der Waals surface area contributed by atoms with Gasteiger partial charge in [0.2, 0.25) is 5.95 Å². The lowest BCUT2D eigenvalue weighted by Crippen LogP contribution is -2.48. The topological polar surface area (TPSA) is 61.4 Å². The maximum absolute atomic E-state index is 12.5. The van der Waals surface area contributed by atoms with Gasteiger partial charge in [-0.3, -0.25) is 4.79 Å². The third kappa shape index (κ3) is 4.39. The van der Waals surface area contributed by atoms with Crippen molar-refractivity contribution >= 4 is 11.9 Å². The fraction of sp³-hybridized carbons (Fsp3) is 0.667. The van der Waals surface area contributed by atoms with Gasteiger partial charge in [0.15, 0.2) is 0 Å². The third-order valence-corrected chi connectivity index (χ3v) is 3.65. The number of carbonyl (C=O) groups is 1. The molecule has 1 aromatic rings. The summed E-state index contributed by atoms with van der Waals surface area (Å²) in [5.74, 6) is 1.04. The molecular formula is C15H25N5O. The van der Waals surface area contributed by atoms with Gasteiger partial charge >= 0.3 is 0 Å². The number of rotatable bonds is 5. The first-order valence-electron chi connectivity index (χ1n) is 7.68. The Morgan fingerprint density at radius 2 is 2.05 bits per heavy atom. The van der Waals surface area contributed by atoms with Crippen LogP contribution in [0.15, 0.2) is 12.3 Å². The normalized spacial score (nSPS) is 16.3. The van der Waals surface area contributed by atoms with Gasteiger partial charge in [0.1, 0.15) is 5.69 Å². The number of carbonyl (C=O) groups excluding carboxylic acids is 1. The van der Waals surface area contributed by atoms with Gasteiger partial charge in [-0.2, -0.15) is 0 Å². The summed E-state index contributed by atoms with van der Waals surface area (Å²) in [5, 5.41) is 3.16. The van der Waals surface area contributed by atoms with Crippen LogP contribution in [0.4, 0.5) is 5.95 Å². The van der Waals surface area contributed by atoms with Crippen molar-refractivity contribution < 1.29 is 4.79 Å². The molecule has 1 N–H and O–H groups in total. The summed E-state index contributed by atoms with van der Waals surface area (Å²) in [6.07, 6.45) is 1.64. The predicted octanol–water partition coefficient (Wildman–Crippen LogP) is 1.32. The quantitative estimate of drug-likeness (QED) is 0.886. The van der Waals surface area contributed by atoms with Gasteiger partial charge in [-0.25, -0.2) is 9.97 Å². The van der Waals surface area contributed by atoms with Crippen molar-refractivity contribution in [2.24, 2.45) is 5.92 Å². The molecule has 0 atom stereocenters. The van der Waals surface area contributed by atoms with E-state index in [-0.39, 0.29) is 5.91 Å². The van der Waals surface area contributed by atoms with E-state index < -0.39 is 0 Å². The Labute approximate surface area is 126 Å². The zero-order valence-corrected chi connectivity index (χ0v) is 13.2. The van der Waals surface area contributed by atoms with E-state index in [0.29, 0.717) is 17.6 Å². The summed E-state index contributed by atoms with van der Waals surface area (Å²) < 4.78 is 0. The van der Waals surface area contributed by atoms with Crippen molar-refractivity contribution in [1.82, 2.24) is 19.8 Å². The van der Waals surface area contributed by atoms with Crippen LogP contribution in [0.25, 0.3) is 0 Å². The molecule has 0 unspecified atom stereocenters. The first-order valence-corrected chi connectivity index (χ1v) is 7.68. The molecule has 0 bridgehead atoms. The molecular weight excluding hydrogens is 266 g/mol. The highest BCUT2D eigenvalue weighted by Crippen LogP contribution is 2.08. The fourth-order valence-electron chi connectivity index (χ4n) is 2.29. The molecule has 1 aliphatic heterocycles. The number of piperazine rings is 1. The molecule has 0 spiro atoms. The second-order valence-electron chi connectivity index (χ2n) is 5.77. The number of hydrogen-bond acceptors (Lipinski definition) is 5. The van der Waals surface area contributed by atoms with Crippen LogP contribution in [0, 0.1) is 5.92 Å². The summed E-state index contributed by atoms with van der Waals surface area (Å²) in [7, 11) is 0. The standard InChI is InChI=1S/C15H25N5O/c1-4-19-7-9-20(10-8-19)14(21)13-5-6-16-15(18-13)17-11-12(2)3/h5-6,12H,4,7-11H2,1-3H3,(H,16,17,18). The number of hydrogen-bond donors (Lipinski definition) is 1. The minimum Gasteiger partial charge on any atom is -0.354 e. The maximum atomic E-state index is 12.5. The molecule has 2 heterocycles. The average Bonchev–Trinajstić information content (AvgIpc) is 2.52. The summed E-state index contributed by atoms with van der Waals surface area (Å²) in [6.45, 7) is 11.6. The largest absolute Gasteiger partial charge is 0.354 e. The molecule has 1 aromatic heterocycles. The zero-order valence-electron chi connectivity index (χ0n) is 13.2. The SMILES string of the molecule is CCN1CCN(C(=O)c2ccnc(NCC(C)C)n2)CC1. The van der Waals surface area contributed by atoms with Gasteiger partial charge in [-0.15, -0.1) is 0 Å². The molecule has 0 radical (unpaired) electrons. The van der Waals surface area contributed by atoms with Crippen LogP contribution in [-0.2, 0) is 0 Å². The number of likely N-dealkylation sites (N-methyl/N-ethyl adjacent to an activating group) is 1. The van der Waals surface area contributed by atoms with E-state index in [1.54, 1.807) is 12.3 Å². The van der Waals surface area contributed by atoms with Gasteiger partial charge < -0.3 is 15.1 Å². The summed E-state index contributed by atoms with van der Waals surface area (Å²) in [5.41, 5.74) is 0.473. The van der Waals surface area contributed by atoms with E-state index in [4.69, 9.17) is 0 Å². The van der Waals surface area contributed by atoms with E-state index in [9.17, 15) is 4.79 Å². The Balaban J connectivity index is 1.97. The van der Waals surface area contributed by atoms with E-state index in [0.717, 1.165) is 39.3 Å². The molecule has 21 heavy (non-hydrogen) atoms. The van der Waals surface area contributed by atoms with Gasteiger partial charge in [-0.1, -0.05) is 20.8 Å². The van der Waals surface area contributed by atoms with Crippen molar-refractivity contribution in [3.8, 4) is 0 Å². The Bertz CT molecular complexity index is 469. The number of nitrogens with one attached hydrogen (secondary N) is 1. The molecule has 2 rings (SSSR count). The average molecular weight is 291 g/mol. The van der Waals surface area contributed by atoms with E-state index in [1.807, 2.05) is 4.90 Å². The molecule has 0 aliphatic carbocycles. The van der Waals surface area contributed by atoms with Crippen LogP contribution < -0.4 is 5.32 Å². The van der Waals surface area contributed by atoms with Gasteiger partial charge in [0.05, 0.1) is 0 Å². The van der Waals surface area contributed by atoms with E-state index in [1.165, 1.54) is 0 Å². The molecule has 6 heteroatoms. The Kier molecular flexibility index (Phi) is 5.50. The molecule has 0 aromatic carbocycles. The van der Waals surface area contributed by atoms with Crippen LogP contribution in [-0.4, -0.2) is 64.9 Å². The molecule has 1 saturated heterocycles. The second kappa shape index (κ2) is 7.36. The van der Waals surface area contributed by atoms with Crippen molar-refractivity contribution in [2.45, 2.75) is 20.8 Å². The first kappa shape index (κ1) is 15.7. The van der Waals surface area contributed by atoms with E-state index in [2.05, 4.69) is 41.0 Å². The van der Waals surface area contributed by atoms with Crippen LogP contribution in [0.3, 0.4) is 0 Å². The Morgan fingerprint density at radius 3 is 2.67 bits per heavy atom. The fourth-order valence-corrected chi connectivity index (χ4v) is 2.29. The smallest absolute Gasteiger partial charge is 0.272 e. The number of amides is 1. The molecule has 1 aliphatic rings. The van der Waals surface area contributed by atoms with Crippen molar-refractivity contribution in [1.29, 1.82) is 0 Å². The molecule has 1 fully saturated rings. The van der Waals surface area contributed by atoms with Crippen molar-refractivity contribution in [3.63, 3.8) is 0 Å². The highest BCUT2D eigenvalue weighted by atomic mass is 16.2. The first-order chi connectivity index (χ1) is 10.1. The molecule has 6 nitrogen and oxygen atoms in total. The summed E-state index contributed by atoms with van der Waals surface area (Å²) in [4.78, 5) is 25.2. The lowest BCUT2D eigenvalue weighted by molar-refractivity contribution is 0.0637. The third-order valence-electron chi connectivity index (χ3n) is 3.65. The lowest BCUT2D eigenvalue weighted by atomic mass is 10.2. The second-order valence-corrected chi connectivity index (χ2v) is 5.77. The molecule has 116 valence electrons. The molecule has 0 saturated carbocycles. The molecule has 1 amide bonds. The number of nitrogens with zero attached hydrogens (tertiary/aromatic N) is 4.